The van der Waals surface area contributed by atoms with E-state index in [4.69, 9.17) is 9.47 Å². The van der Waals surface area contributed by atoms with Crippen LogP contribution in [-0.2, 0) is 15.1 Å². The molecule has 3 aliphatic rings. The quantitative estimate of drug-likeness (QED) is 0.120. The van der Waals surface area contributed by atoms with Crippen molar-refractivity contribution < 1.29 is 19.1 Å². The van der Waals surface area contributed by atoms with Crippen molar-refractivity contribution in [3.63, 3.8) is 0 Å². The lowest BCUT2D eigenvalue weighted by molar-refractivity contribution is -0.119. The summed E-state index contributed by atoms with van der Waals surface area (Å²) in [5, 5.41) is 2.50. The van der Waals surface area contributed by atoms with E-state index in [0.717, 1.165) is 60.4 Å². The molecule has 1 spiro atoms. The lowest BCUT2D eigenvalue weighted by atomic mass is 9.75. The molecule has 2 unspecified atom stereocenters. The smallest absolute Gasteiger partial charge is 0.340 e. The first-order chi connectivity index (χ1) is 25.0. The van der Waals surface area contributed by atoms with Gasteiger partial charge in [-0.05, 0) is 141 Å². The SMILES string of the molecule is Cc1cc(Oc2ccc3c(c2)[Si](C)(C)c2cc4c(cc2C32OC(=O)c3ccccc32)C(C)CC(C)(C)N4CCCC(=O)CCCC(C)C)cc(C)c1C. The number of hydrogen-bond donors (Lipinski definition) is 0. The third-order valence-electron chi connectivity index (χ3n) is 12.6. The van der Waals surface area contributed by atoms with Crippen LogP contribution in [0.2, 0.25) is 13.1 Å². The highest BCUT2D eigenvalue weighted by Crippen LogP contribution is 2.52. The molecular formula is C47H57NO4Si. The second kappa shape index (κ2) is 13.6. The molecule has 0 N–H and O–H groups in total. The molecule has 3 aliphatic heterocycles. The molecule has 0 bridgehead atoms. The maximum absolute atomic E-state index is 13.8. The summed E-state index contributed by atoms with van der Waals surface area (Å²) < 4.78 is 13.3. The minimum absolute atomic E-state index is 0.0744. The van der Waals surface area contributed by atoms with Gasteiger partial charge in [-0.15, -0.1) is 0 Å². The number of aryl methyl sites for hydroxylation is 2. The first-order valence-corrected chi connectivity index (χ1v) is 22.8. The van der Waals surface area contributed by atoms with Gasteiger partial charge in [0.15, 0.2) is 5.60 Å². The number of nitrogens with zero attached hydrogens (tertiary/aromatic N) is 1. The average Bonchev–Trinajstić information content (AvgIpc) is 3.39. The minimum Gasteiger partial charge on any atom is -0.457 e. The molecule has 5 nitrogen and oxygen atoms in total. The highest BCUT2D eigenvalue weighted by Gasteiger charge is 2.57. The van der Waals surface area contributed by atoms with Crippen LogP contribution in [-0.4, -0.2) is 31.9 Å². The number of anilines is 1. The Bertz CT molecular complexity index is 2090. The molecule has 6 heteroatoms. The van der Waals surface area contributed by atoms with Crippen LogP contribution in [0.4, 0.5) is 5.69 Å². The number of ether oxygens (including phenoxy) is 2. The van der Waals surface area contributed by atoms with E-state index in [9.17, 15) is 9.59 Å². The van der Waals surface area contributed by atoms with Crippen LogP contribution in [0.1, 0.15) is 128 Å². The van der Waals surface area contributed by atoms with Crippen molar-refractivity contribution in [3.8, 4) is 11.5 Å². The van der Waals surface area contributed by atoms with E-state index in [0.29, 0.717) is 36.0 Å². The Kier molecular flexibility index (Phi) is 9.54. The van der Waals surface area contributed by atoms with E-state index in [-0.39, 0.29) is 11.5 Å². The number of carbonyl (C=O) groups is 2. The molecule has 3 heterocycles. The number of hydrogen-bond acceptors (Lipinski definition) is 5. The number of rotatable bonds is 10. The van der Waals surface area contributed by atoms with Gasteiger partial charge in [0.2, 0.25) is 0 Å². The summed E-state index contributed by atoms with van der Waals surface area (Å²) in [6, 6.07) is 23.4. The van der Waals surface area contributed by atoms with Gasteiger partial charge in [0.05, 0.1) is 5.56 Å². The van der Waals surface area contributed by atoms with Crippen molar-refractivity contribution in [2.75, 3.05) is 11.4 Å². The Hall–Kier alpha value is -4.16. The van der Waals surface area contributed by atoms with Crippen LogP contribution in [0, 0.1) is 26.7 Å². The summed E-state index contributed by atoms with van der Waals surface area (Å²) in [6.45, 7) is 23.6. The van der Waals surface area contributed by atoms with E-state index >= 15 is 0 Å². The molecule has 0 amide bonds. The van der Waals surface area contributed by atoms with Crippen molar-refractivity contribution in [1.29, 1.82) is 0 Å². The normalized spacial score (nSPS) is 20.5. The van der Waals surface area contributed by atoms with E-state index in [1.807, 2.05) is 24.3 Å². The number of ketones is 1. The van der Waals surface area contributed by atoms with Crippen molar-refractivity contribution >= 4 is 35.9 Å². The van der Waals surface area contributed by atoms with Crippen molar-refractivity contribution in [2.45, 2.75) is 124 Å². The van der Waals surface area contributed by atoms with Gasteiger partial charge in [-0.3, -0.25) is 4.79 Å². The fraction of sp³-hybridized carbons (Fsp3) is 0.447. The summed E-state index contributed by atoms with van der Waals surface area (Å²) in [5.41, 5.74) is 8.80. The Morgan fingerprint density at radius 1 is 0.887 bits per heavy atom. The van der Waals surface area contributed by atoms with E-state index in [1.54, 1.807) is 0 Å². The van der Waals surface area contributed by atoms with Gasteiger partial charge in [-0.25, -0.2) is 4.79 Å². The minimum atomic E-state index is -2.43. The fourth-order valence-corrected chi connectivity index (χ4v) is 12.7. The Morgan fingerprint density at radius 2 is 1.57 bits per heavy atom. The first-order valence-electron chi connectivity index (χ1n) is 19.8. The van der Waals surface area contributed by atoms with E-state index in [1.165, 1.54) is 38.3 Å². The van der Waals surface area contributed by atoms with Crippen LogP contribution < -0.4 is 20.0 Å². The number of esters is 1. The standard InChI is InChI=1S/C47H57NO4Si/c1-29(2)15-13-16-34(49)17-14-22-48-42-27-44-41(26-38(42)32(5)28-46(48,7)8)47(39-19-12-11-18-37(39)45(50)52-47)40-21-20-35(25-43(40)53(44,9)10)51-36-23-30(3)33(6)31(4)24-36/h11-12,18-21,23-27,29,32H,13-17,22,28H2,1-10H3. The first kappa shape index (κ1) is 37.2. The predicted octanol–water partition coefficient (Wildman–Crippen LogP) is 10.3. The Labute approximate surface area is 318 Å². The monoisotopic (exact) mass is 727 g/mol. The lowest BCUT2D eigenvalue weighted by Gasteiger charge is -2.50. The molecule has 53 heavy (non-hydrogen) atoms. The van der Waals surface area contributed by atoms with E-state index in [2.05, 4.69) is 116 Å². The second-order valence-electron chi connectivity index (χ2n) is 17.7. The van der Waals surface area contributed by atoms with Gasteiger partial charge in [0.25, 0.3) is 0 Å². The molecule has 4 aromatic rings. The summed E-state index contributed by atoms with van der Waals surface area (Å²) in [5.74, 6) is 2.65. The molecule has 0 saturated carbocycles. The highest BCUT2D eigenvalue weighted by molar-refractivity contribution is 7.01. The third kappa shape index (κ3) is 6.35. The second-order valence-corrected chi connectivity index (χ2v) is 22.0. The van der Waals surface area contributed by atoms with Crippen LogP contribution in [0.25, 0.3) is 0 Å². The summed E-state index contributed by atoms with van der Waals surface area (Å²) in [4.78, 5) is 29.3. The third-order valence-corrected chi connectivity index (χ3v) is 16.1. The van der Waals surface area contributed by atoms with E-state index < -0.39 is 13.7 Å². The number of fused-ring (bicyclic) bond motifs is 7. The molecule has 0 fully saturated rings. The molecule has 7 rings (SSSR count). The zero-order valence-electron chi connectivity index (χ0n) is 33.5. The summed E-state index contributed by atoms with van der Waals surface area (Å²) in [6.07, 6.45) is 5.22. The molecule has 2 atom stereocenters. The maximum atomic E-state index is 13.8. The molecule has 4 aromatic carbocycles. The molecule has 0 saturated heterocycles. The van der Waals surface area contributed by atoms with Crippen LogP contribution in [0.3, 0.4) is 0 Å². The van der Waals surface area contributed by atoms with Gasteiger partial charge in [-0.2, -0.15) is 0 Å². The largest absolute Gasteiger partial charge is 0.457 e. The van der Waals surface area contributed by atoms with Gasteiger partial charge in [-0.1, -0.05) is 64.6 Å². The Morgan fingerprint density at radius 3 is 2.28 bits per heavy atom. The van der Waals surface area contributed by atoms with Crippen molar-refractivity contribution in [3.05, 3.63) is 111 Å². The lowest BCUT2D eigenvalue weighted by Crippen LogP contribution is -2.64. The molecular weight excluding hydrogens is 671 g/mol. The fourth-order valence-electron chi connectivity index (χ4n) is 9.54. The van der Waals surface area contributed by atoms with Gasteiger partial charge in [0, 0.05) is 47.3 Å². The number of Topliss-reactive ketones (excluding diaryl/α,β-unsaturated/α-hetero) is 1. The number of benzene rings is 4. The van der Waals surface area contributed by atoms with Crippen LogP contribution >= 0.6 is 0 Å². The maximum Gasteiger partial charge on any atom is 0.340 e. The topological polar surface area (TPSA) is 55.8 Å². The summed E-state index contributed by atoms with van der Waals surface area (Å²) >= 11 is 0. The summed E-state index contributed by atoms with van der Waals surface area (Å²) in [7, 11) is -2.43. The van der Waals surface area contributed by atoms with Crippen LogP contribution in [0.15, 0.2) is 66.7 Å². The van der Waals surface area contributed by atoms with Crippen LogP contribution in [0.5, 0.6) is 11.5 Å². The molecule has 0 aromatic heterocycles. The van der Waals surface area contributed by atoms with Gasteiger partial charge < -0.3 is 14.4 Å². The zero-order valence-corrected chi connectivity index (χ0v) is 34.5. The highest BCUT2D eigenvalue weighted by atomic mass is 28.3. The van der Waals surface area contributed by atoms with Crippen molar-refractivity contribution in [1.82, 2.24) is 0 Å². The zero-order chi connectivity index (χ0) is 38.0. The number of carbonyl (C=O) groups excluding carboxylic acids is 2. The molecule has 0 radical (unpaired) electrons. The molecule has 0 aliphatic carbocycles. The molecule has 278 valence electrons. The van der Waals surface area contributed by atoms with Crippen molar-refractivity contribution in [2.24, 2.45) is 5.92 Å². The van der Waals surface area contributed by atoms with Gasteiger partial charge >= 0.3 is 5.97 Å². The predicted molar refractivity (Wildman–Crippen MR) is 219 cm³/mol. The Balaban J connectivity index is 1.35. The van der Waals surface area contributed by atoms with Gasteiger partial charge in [0.1, 0.15) is 25.4 Å². The average molecular weight is 728 g/mol.